The van der Waals surface area contributed by atoms with Gasteiger partial charge in [0.2, 0.25) is 0 Å². The fourth-order valence-electron chi connectivity index (χ4n) is 3.38. The van der Waals surface area contributed by atoms with Gasteiger partial charge < -0.3 is 14.6 Å². The third-order valence-electron chi connectivity index (χ3n) is 4.64. The zero-order valence-electron chi connectivity index (χ0n) is 16.7. The lowest BCUT2D eigenvalue weighted by Crippen LogP contribution is -2.05. The maximum atomic E-state index is 10.9. The fourth-order valence-corrected chi connectivity index (χ4v) is 3.38. The Balaban J connectivity index is 2.51. The predicted molar refractivity (Wildman–Crippen MR) is 109 cm³/mol. The van der Waals surface area contributed by atoms with Crippen LogP contribution in [0, 0.1) is 6.92 Å². The molecule has 3 nitrogen and oxygen atoms in total. The molecule has 140 valence electrons. The van der Waals surface area contributed by atoms with E-state index in [4.69, 9.17) is 9.47 Å². The van der Waals surface area contributed by atoms with Crippen molar-refractivity contribution in [2.75, 3.05) is 14.2 Å². The number of hydrogen-bond donors (Lipinski definition) is 1. The molecule has 0 aromatic heterocycles. The van der Waals surface area contributed by atoms with Crippen LogP contribution < -0.4 is 9.47 Å². The van der Waals surface area contributed by atoms with Crippen molar-refractivity contribution in [1.29, 1.82) is 0 Å². The summed E-state index contributed by atoms with van der Waals surface area (Å²) < 4.78 is 11.3. The van der Waals surface area contributed by atoms with E-state index in [-0.39, 0.29) is 0 Å². The summed E-state index contributed by atoms with van der Waals surface area (Å²) in [6.07, 6.45) is 5.30. The quantitative estimate of drug-likeness (QED) is 0.630. The van der Waals surface area contributed by atoms with Crippen molar-refractivity contribution < 1.29 is 14.6 Å². The van der Waals surface area contributed by atoms with Crippen LogP contribution in [0.15, 0.2) is 47.6 Å². The van der Waals surface area contributed by atoms with Gasteiger partial charge in [-0.05, 0) is 40.5 Å². The molecule has 0 amide bonds. The molecule has 0 aliphatic heterocycles. The van der Waals surface area contributed by atoms with Crippen LogP contribution in [0.3, 0.4) is 0 Å². The minimum atomic E-state index is -0.741. The molecule has 0 aliphatic rings. The van der Waals surface area contributed by atoms with E-state index in [0.717, 1.165) is 46.1 Å². The normalized spacial score (nSPS) is 12.8. The smallest absolute Gasteiger partial charge is 0.133 e. The van der Waals surface area contributed by atoms with Crippen LogP contribution in [0.5, 0.6) is 11.5 Å². The SMILES string of the molecule is COc1c(C)c(C(O)/C=C(\C)CCC=C(C)C)c(OC)c2ccccc12. The lowest BCUT2D eigenvalue weighted by atomic mass is 9.93. The highest BCUT2D eigenvalue weighted by molar-refractivity contribution is 5.96. The summed E-state index contributed by atoms with van der Waals surface area (Å²) in [5, 5.41) is 12.9. The van der Waals surface area contributed by atoms with Gasteiger partial charge in [-0.1, -0.05) is 47.6 Å². The fraction of sp³-hybridized carbons (Fsp3) is 0.391. The van der Waals surface area contributed by atoms with Gasteiger partial charge in [-0.3, -0.25) is 0 Å². The zero-order chi connectivity index (χ0) is 19.3. The van der Waals surface area contributed by atoms with Crippen molar-refractivity contribution in [3.8, 4) is 11.5 Å². The lowest BCUT2D eigenvalue weighted by Gasteiger charge is -2.21. The number of aliphatic hydroxyl groups excluding tert-OH is 1. The van der Waals surface area contributed by atoms with Crippen LogP contribution >= 0.6 is 0 Å². The van der Waals surface area contributed by atoms with Crippen molar-refractivity contribution in [3.63, 3.8) is 0 Å². The number of methoxy groups -OCH3 is 2. The van der Waals surface area contributed by atoms with Crippen LogP contribution in [0.2, 0.25) is 0 Å². The topological polar surface area (TPSA) is 38.7 Å². The van der Waals surface area contributed by atoms with Crippen LogP contribution in [0.25, 0.3) is 10.8 Å². The van der Waals surface area contributed by atoms with Crippen LogP contribution in [-0.2, 0) is 0 Å². The Labute approximate surface area is 156 Å². The minimum Gasteiger partial charge on any atom is -0.496 e. The Kier molecular flexibility index (Phi) is 6.87. The second-order valence-corrected chi connectivity index (χ2v) is 6.93. The van der Waals surface area contributed by atoms with Crippen molar-refractivity contribution in [2.45, 2.75) is 46.6 Å². The Morgan fingerprint density at radius 3 is 2.15 bits per heavy atom. The summed E-state index contributed by atoms with van der Waals surface area (Å²) in [7, 11) is 3.31. The van der Waals surface area contributed by atoms with E-state index in [9.17, 15) is 5.11 Å². The molecule has 0 bridgehead atoms. The Morgan fingerprint density at radius 2 is 1.62 bits per heavy atom. The predicted octanol–water partition coefficient (Wildman–Crippen LogP) is 5.89. The molecule has 0 aliphatic carbocycles. The summed E-state index contributed by atoms with van der Waals surface area (Å²) in [4.78, 5) is 0. The maximum Gasteiger partial charge on any atom is 0.133 e. The molecule has 0 radical (unpaired) electrons. The Hall–Kier alpha value is -2.26. The van der Waals surface area contributed by atoms with Gasteiger partial charge in [-0.15, -0.1) is 0 Å². The molecule has 0 fully saturated rings. The largest absolute Gasteiger partial charge is 0.496 e. The van der Waals surface area contributed by atoms with Crippen molar-refractivity contribution in [1.82, 2.24) is 0 Å². The molecule has 26 heavy (non-hydrogen) atoms. The molecule has 2 rings (SSSR count). The molecule has 0 saturated carbocycles. The molecule has 0 spiro atoms. The number of allylic oxidation sites excluding steroid dienone is 3. The Morgan fingerprint density at radius 1 is 1.04 bits per heavy atom. The first-order valence-electron chi connectivity index (χ1n) is 9.02. The molecule has 0 heterocycles. The van der Waals surface area contributed by atoms with E-state index in [1.54, 1.807) is 14.2 Å². The van der Waals surface area contributed by atoms with Gasteiger partial charge in [0, 0.05) is 21.9 Å². The maximum absolute atomic E-state index is 10.9. The average Bonchev–Trinajstić information content (AvgIpc) is 2.60. The van der Waals surface area contributed by atoms with Crippen LogP contribution in [0.4, 0.5) is 0 Å². The highest BCUT2D eigenvalue weighted by Crippen LogP contribution is 2.43. The van der Waals surface area contributed by atoms with E-state index >= 15 is 0 Å². The van der Waals surface area contributed by atoms with Crippen molar-refractivity contribution in [2.24, 2.45) is 0 Å². The molecular weight excluding hydrogens is 324 g/mol. The van der Waals surface area contributed by atoms with E-state index < -0.39 is 6.10 Å². The van der Waals surface area contributed by atoms with Gasteiger partial charge in [-0.2, -0.15) is 0 Å². The van der Waals surface area contributed by atoms with Gasteiger partial charge in [0.05, 0.1) is 14.2 Å². The van der Waals surface area contributed by atoms with Crippen LogP contribution in [0.1, 0.15) is 50.8 Å². The Bertz CT molecular complexity index is 827. The van der Waals surface area contributed by atoms with Gasteiger partial charge in [-0.25, -0.2) is 0 Å². The average molecular weight is 354 g/mol. The van der Waals surface area contributed by atoms with Gasteiger partial charge in [0.25, 0.3) is 0 Å². The molecule has 1 unspecified atom stereocenters. The number of fused-ring (bicyclic) bond motifs is 1. The van der Waals surface area contributed by atoms with Crippen LogP contribution in [-0.4, -0.2) is 19.3 Å². The molecule has 3 heteroatoms. The number of benzene rings is 2. The molecule has 2 aromatic rings. The number of ether oxygens (including phenoxy) is 2. The first-order chi connectivity index (χ1) is 12.4. The summed E-state index contributed by atoms with van der Waals surface area (Å²) in [6, 6.07) is 7.96. The number of aliphatic hydroxyl groups is 1. The molecule has 1 N–H and O–H groups in total. The lowest BCUT2D eigenvalue weighted by molar-refractivity contribution is 0.220. The second-order valence-electron chi connectivity index (χ2n) is 6.93. The zero-order valence-corrected chi connectivity index (χ0v) is 16.7. The first-order valence-corrected chi connectivity index (χ1v) is 9.02. The molecule has 2 aromatic carbocycles. The van der Waals surface area contributed by atoms with E-state index in [2.05, 4.69) is 26.8 Å². The third kappa shape index (κ3) is 4.28. The number of hydrogen-bond acceptors (Lipinski definition) is 3. The van der Waals surface area contributed by atoms with Gasteiger partial charge >= 0.3 is 0 Å². The minimum absolute atomic E-state index is 0.708. The summed E-state index contributed by atoms with van der Waals surface area (Å²) in [5.74, 6) is 1.49. The van der Waals surface area contributed by atoms with E-state index in [1.807, 2.05) is 37.3 Å². The molecule has 1 atom stereocenters. The summed E-state index contributed by atoms with van der Waals surface area (Å²) in [6.45, 7) is 8.23. The van der Waals surface area contributed by atoms with E-state index in [1.165, 1.54) is 5.57 Å². The standard InChI is InChI=1S/C23H30O3/c1-15(2)10-9-11-16(3)14-20(24)21-17(4)22(25-5)18-12-7-8-13-19(18)23(21)26-6/h7-8,10,12-14,20,24H,9,11H2,1-6H3/b16-14+. The molecule has 0 saturated heterocycles. The number of rotatable bonds is 7. The third-order valence-corrected chi connectivity index (χ3v) is 4.64. The first kappa shape index (κ1) is 20.1. The van der Waals surface area contributed by atoms with Crippen molar-refractivity contribution in [3.05, 3.63) is 58.7 Å². The van der Waals surface area contributed by atoms with E-state index in [0.29, 0.717) is 5.75 Å². The second kappa shape index (κ2) is 8.91. The highest BCUT2D eigenvalue weighted by atomic mass is 16.5. The molecular formula is C23H30O3. The summed E-state index contributed by atoms with van der Waals surface area (Å²) >= 11 is 0. The monoisotopic (exact) mass is 354 g/mol. The summed E-state index contributed by atoms with van der Waals surface area (Å²) in [5.41, 5.74) is 4.15. The van der Waals surface area contributed by atoms with Gasteiger partial charge in [0.1, 0.15) is 17.6 Å². The highest BCUT2D eigenvalue weighted by Gasteiger charge is 2.22. The van der Waals surface area contributed by atoms with Crippen molar-refractivity contribution >= 4 is 10.8 Å². The van der Waals surface area contributed by atoms with Gasteiger partial charge in [0.15, 0.2) is 0 Å².